The highest BCUT2D eigenvalue weighted by Crippen LogP contribution is 2.21. The highest BCUT2D eigenvalue weighted by Gasteiger charge is 2.34. The van der Waals surface area contributed by atoms with Gasteiger partial charge in [-0.3, -0.25) is 9.98 Å². The fraction of sp³-hybridized carbons (Fsp3) is 0.833. The molecule has 1 unspecified atom stereocenters. The molecular weight excluding hydrogens is 264 g/mol. The number of amidine groups is 2. The molecule has 0 bridgehead atoms. The van der Waals surface area contributed by atoms with Gasteiger partial charge < -0.3 is 10.6 Å². The summed E-state index contributed by atoms with van der Waals surface area (Å²) in [5, 5.41) is 15.4. The monoisotopic (exact) mass is 284 g/mol. The summed E-state index contributed by atoms with van der Waals surface area (Å²) in [7, 11) is 0. The molecule has 0 aromatic carbocycles. The van der Waals surface area contributed by atoms with E-state index < -0.39 is 11.1 Å². The van der Waals surface area contributed by atoms with Gasteiger partial charge in [-0.1, -0.05) is 0 Å². The molecule has 0 amide bonds. The number of nitrogens with zero attached hydrogens (tertiary/aromatic N) is 4. The predicted octanol–water partition coefficient (Wildman–Crippen LogP) is 1.22. The molecule has 2 aliphatic rings. The van der Waals surface area contributed by atoms with E-state index in [9.17, 15) is 0 Å². The van der Waals surface area contributed by atoms with Crippen LogP contribution in [-0.2, 0) is 0 Å². The minimum atomic E-state index is -0.589. The summed E-state index contributed by atoms with van der Waals surface area (Å²) in [6.45, 7) is 9.22. The summed E-state index contributed by atoms with van der Waals surface area (Å²) in [6, 6.07) is 0. The zero-order valence-corrected chi connectivity index (χ0v) is 12.5. The Morgan fingerprint density at radius 2 is 1.63 bits per heavy atom. The van der Waals surface area contributed by atoms with E-state index in [-0.39, 0.29) is 0 Å². The molecular formula is C12H21ClN6. The maximum absolute atomic E-state index is 6.06. The average molecular weight is 285 g/mol. The Kier molecular flexibility index (Phi) is 4.08. The highest BCUT2D eigenvalue weighted by atomic mass is 35.5. The first kappa shape index (κ1) is 14.2. The van der Waals surface area contributed by atoms with Crippen LogP contribution in [0, 0.1) is 0 Å². The van der Waals surface area contributed by atoms with Crippen molar-refractivity contribution in [1.82, 2.24) is 10.6 Å². The van der Waals surface area contributed by atoms with Crippen LogP contribution in [0.3, 0.4) is 0 Å². The fourth-order valence-electron chi connectivity index (χ4n) is 1.99. The van der Waals surface area contributed by atoms with Gasteiger partial charge in [0.05, 0.1) is 19.0 Å². The molecule has 2 heterocycles. The number of hydrogen-bond acceptors (Lipinski definition) is 6. The lowest BCUT2D eigenvalue weighted by Crippen LogP contribution is -2.44. The molecule has 0 aromatic rings. The summed E-state index contributed by atoms with van der Waals surface area (Å²) < 4.78 is 0. The van der Waals surface area contributed by atoms with E-state index in [2.05, 4.69) is 30.8 Å². The smallest absolute Gasteiger partial charge is 0.149 e. The van der Waals surface area contributed by atoms with E-state index in [1.165, 1.54) is 0 Å². The van der Waals surface area contributed by atoms with Crippen LogP contribution in [0.25, 0.3) is 0 Å². The zero-order chi connectivity index (χ0) is 13.9. The minimum absolute atomic E-state index is 0.346. The van der Waals surface area contributed by atoms with E-state index in [0.717, 1.165) is 37.9 Å². The Morgan fingerprint density at radius 1 is 1.05 bits per heavy atom. The van der Waals surface area contributed by atoms with Gasteiger partial charge in [0.25, 0.3) is 0 Å². The third kappa shape index (κ3) is 3.05. The molecule has 0 saturated carbocycles. The lowest BCUT2D eigenvalue weighted by atomic mass is 10.0. The third-order valence-corrected chi connectivity index (χ3v) is 3.74. The Balaban J connectivity index is 2.14. The quantitative estimate of drug-likeness (QED) is 0.588. The second-order valence-electron chi connectivity index (χ2n) is 5.48. The molecule has 2 rings (SSSR count). The topological polar surface area (TPSA) is 73.5 Å². The van der Waals surface area contributed by atoms with Crippen molar-refractivity contribution in [3.8, 4) is 0 Å². The maximum Gasteiger partial charge on any atom is 0.149 e. The molecule has 2 aliphatic heterocycles. The van der Waals surface area contributed by atoms with Gasteiger partial charge in [0.2, 0.25) is 0 Å². The van der Waals surface area contributed by atoms with Crippen LogP contribution in [0.5, 0.6) is 0 Å². The molecule has 0 radical (unpaired) electrons. The normalized spacial score (nSPS) is 22.7. The molecule has 0 aliphatic carbocycles. The van der Waals surface area contributed by atoms with Crippen LogP contribution < -0.4 is 10.6 Å². The lowest BCUT2D eigenvalue weighted by molar-refractivity contribution is 0.556. The van der Waals surface area contributed by atoms with Gasteiger partial charge in [-0.25, -0.2) is 0 Å². The van der Waals surface area contributed by atoms with Crippen LogP contribution in [0.4, 0.5) is 0 Å². The third-order valence-electron chi connectivity index (χ3n) is 3.22. The number of azo groups is 1. The molecule has 19 heavy (non-hydrogen) atoms. The van der Waals surface area contributed by atoms with E-state index in [4.69, 9.17) is 11.6 Å². The van der Waals surface area contributed by atoms with Gasteiger partial charge >= 0.3 is 0 Å². The van der Waals surface area contributed by atoms with Crippen molar-refractivity contribution in [3.63, 3.8) is 0 Å². The van der Waals surface area contributed by atoms with Crippen LogP contribution in [0.1, 0.15) is 20.8 Å². The largest absolute Gasteiger partial charge is 0.370 e. The van der Waals surface area contributed by atoms with Crippen LogP contribution in [-0.4, -0.2) is 54.8 Å². The number of aliphatic imine (C=N–C) groups is 2. The standard InChI is InChI=1S/C12H21ClN6/c1-11(2,9-14-4-5-15-9)18-19-12(3,8-13)10-16-6-7-17-10/h4-8H2,1-3H3,(H,14,15)(H,16,17). The lowest BCUT2D eigenvalue weighted by Gasteiger charge is -2.25. The number of nitrogens with one attached hydrogen (secondary N) is 2. The Labute approximate surface area is 118 Å². The summed E-state index contributed by atoms with van der Waals surface area (Å²) in [5.74, 6) is 2.05. The Bertz CT molecular complexity index is 428. The summed E-state index contributed by atoms with van der Waals surface area (Å²) in [6.07, 6.45) is 0. The molecule has 0 aromatic heterocycles. The maximum atomic E-state index is 6.06. The molecule has 6 nitrogen and oxygen atoms in total. The van der Waals surface area contributed by atoms with E-state index in [0.29, 0.717) is 5.88 Å². The molecule has 106 valence electrons. The van der Waals surface area contributed by atoms with E-state index >= 15 is 0 Å². The van der Waals surface area contributed by atoms with Gasteiger partial charge in [-0.05, 0) is 20.8 Å². The average Bonchev–Trinajstić information content (AvgIpc) is 3.07. The first-order valence-corrected chi connectivity index (χ1v) is 7.09. The van der Waals surface area contributed by atoms with Gasteiger partial charge in [0.1, 0.15) is 22.7 Å². The van der Waals surface area contributed by atoms with Crippen molar-refractivity contribution < 1.29 is 0 Å². The molecule has 7 heteroatoms. The number of rotatable bonds is 5. The summed E-state index contributed by atoms with van der Waals surface area (Å²) in [4.78, 5) is 8.80. The summed E-state index contributed by atoms with van der Waals surface area (Å²) in [5.41, 5.74) is -1.04. The minimum Gasteiger partial charge on any atom is -0.370 e. The number of hydrogen-bond donors (Lipinski definition) is 2. The van der Waals surface area contributed by atoms with Crippen LogP contribution in [0.15, 0.2) is 20.2 Å². The molecule has 0 spiro atoms. The zero-order valence-electron chi connectivity index (χ0n) is 11.7. The van der Waals surface area contributed by atoms with E-state index in [1.807, 2.05) is 20.8 Å². The fourth-order valence-corrected chi connectivity index (χ4v) is 2.17. The van der Waals surface area contributed by atoms with Crippen LogP contribution >= 0.6 is 11.6 Å². The van der Waals surface area contributed by atoms with Gasteiger partial charge in [0.15, 0.2) is 0 Å². The van der Waals surface area contributed by atoms with Crippen molar-refractivity contribution in [3.05, 3.63) is 0 Å². The highest BCUT2D eigenvalue weighted by molar-refractivity contribution is 6.21. The van der Waals surface area contributed by atoms with Crippen molar-refractivity contribution in [2.45, 2.75) is 31.8 Å². The van der Waals surface area contributed by atoms with Gasteiger partial charge in [-0.15, -0.1) is 11.6 Å². The van der Waals surface area contributed by atoms with Gasteiger partial charge in [0, 0.05) is 13.1 Å². The SMILES string of the molecule is CC(C)(N=NC(C)(CCl)C1=NCCN1)C1=NCCN1. The Hall–Kier alpha value is -1.17. The van der Waals surface area contributed by atoms with Crippen molar-refractivity contribution in [1.29, 1.82) is 0 Å². The Morgan fingerprint density at radius 3 is 2.11 bits per heavy atom. The molecule has 1 atom stereocenters. The number of halogens is 1. The molecule has 0 fully saturated rings. The molecule has 0 saturated heterocycles. The van der Waals surface area contributed by atoms with Gasteiger partial charge in [-0.2, -0.15) is 10.2 Å². The second-order valence-corrected chi connectivity index (χ2v) is 5.75. The number of alkyl halides is 1. The van der Waals surface area contributed by atoms with Crippen molar-refractivity contribution in [2.75, 3.05) is 32.1 Å². The summed E-state index contributed by atoms with van der Waals surface area (Å²) >= 11 is 6.06. The molecule has 2 N–H and O–H groups in total. The first-order valence-electron chi connectivity index (χ1n) is 6.55. The van der Waals surface area contributed by atoms with Crippen LogP contribution in [0.2, 0.25) is 0 Å². The first-order chi connectivity index (χ1) is 8.98. The van der Waals surface area contributed by atoms with Crippen molar-refractivity contribution in [2.24, 2.45) is 20.2 Å². The van der Waals surface area contributed by atoms with E-state index in [1.54, 1.807) is 0 Å². The van der Waals surface area contributed by atoms with Crippen molar-refractivity contribution >= 4 is 23.3 Å². The predicted molar refractivity (Wildman–Crippen MR) is 78.7 cm³/mol. The second kappa shape index (κ2) is 5.45.